The Labute approximate surface area is 101 Å². The van der Waals surface area contributed by atoms with E-state index in [0.29, 0.717) is 13.0 Å². The molecule has 0 aliphatic rings. The van der Waals surface area contributed by atoms with Crippen LogP contribution in [0.15, 0.2) is 36.7 Å². The van der Waals surface area contributed by atoms with Crippen LogP contribution < -0.4 is 5.73 Å². The second-order valence-corrected chi connectivity index (χ2v) is 4.27. The number of nitrogens with zero attached hydrogens (tertiary/aromatic N) is 1. The van der Waals surface area contributed by atoms with Gasteiger partial charge in [0.25, 0.3) is 0 Å². The summed E-state index contributed by atoms with van der Waals surface area (Å²) in [5.41, 5.74) is 6.72. The zero-order valence-electron chi connectivity index (χ0n) is 9.89. The molecule has 3 nitrogen and oxygen atoms in total. The van der Waals surface area contributed by atoms with Crippen molar-refractivity contribution >= 4 is 16.6 Å². The number of benzene rings is 1. The highest BCUT2D eigenvalue weighted by molar-refractivity contribution is 5.86. The quantitative estimate of drug-likeness (QED) is 0.870. The lowest BCUT2D eigenvalue weighted by Gasteiger charge is -2.12. The molecule has 0 aliphatic heterocycles. The maximum Gasteiger partial charge on any atom is 0.134 e. The molecular formula is C14H16N2O. The fraction of sp³-hybridized carbons (Fsp3) is 0.286. The standard InChI is InChI=1S/C14H16N2O/c1-10(17)12(7-15)6-13-9-16-8-11-4-2-3-5-14(11)13/h2-5,8-9,12H,6-7,15H2,1H3/t12-/m1/s1. The molecule has 0 bridgehead atoms. The van der Waals surface area contributed by atoms with E-state index in [1.807, 2.05) is 30.6 Å². The topological polar surface area (TPSA) is 56.0 Å². The second-order valence-electron chi connectivity index (χ2n) is 4.27. The molecule has 0 aliphatic carbocycles. The number of hydrogen-bond donors (Lipinski definition) is 1. The first-order chi connectivity index (χ1) is 8.22. The third-order valence-corrected chi connectivity index (χ3v) is 3.08. The molecule has 2 aromatic rings. The first kappa shape index (κ1) is 11.7. The summed E-state index contributed by atoms with van der Waals surface area (Å²) in [6.45, 7) is 1.98. The van der Waals surface area contributed by atoms with Crippen LogP contribution in [-0.2, 0) is 11.2 Å². The Bertz CT molecular complexity index is 531. The molecule has 1 aromatic carbocycles. The van der Waals surface area contributed by atoms with Crippen molar-refractivity contribution in [2.45, 2.75) is 13.3 Å². The summed E-state index contributed by atoms with van der Waals surface area (Å²) >= 11 is 0. The van der Waals surface area contributed by atoms with Crippen LogP contribution in [0.5, 0.6) is 0 Å². The van der Waals surface area contributed by atoms with Gasteiger partial charge in [-0.1, -0.05) is 24.3 Å². The Hall–Kier alpha value is -1.74. The fourth-order valence-electron chi connectivity index (χ4n) is 2.00. The van der Waals surface area contributed by atoms with E-state index in [1.54, 1.807) is 6.92 Å². The number of fused-ring (bicyclic) bond motifs is 1. The van der Waals surface area contributed by atoms with E-state index in [9.17, 15) is 4.79 Å². The van der Waals surface area contributed by atoms with Crippen LogP contribution in [0.25, 0.3) is 10.8 Å². The SMILES string of the molecule is CC(=O)[C@@H](CN)Cc1cncc2ccccc12. The normalized spacial score (nSPS) is 12.6. The van der Waals surface area contributed by atoms with Crippen LogP contribution >= 0.6 is 0 Å². The summed E-state index contributed by atoms with van der Waals surface area (Å²) in [6.07, 6.45) is 4.33. The van der Waals surface area contributed by atoms with Crippen molar-refractivity contribution in [3.8, 4) is 0 Å². The minimum absolute atomic E-state index is 0.109. The molecule has 3 heteroatoms. The van der Waals surface area contributed by atoms with Crippen LogP contribution in [0.4, 0.5) is 0 Å². The van der Waals surface area contributed by atoms with Crippen LogP contribution in [0, 0.1) is 5.92 Å². The highest BCUT2D eigenvalue weighted by Crippen LogP contribution is 2.20. The third kappa shape index (κ3) is 2.50. The van der Waals surface area contributed by atoms with Gasteiger partial charge in [-0.3, -0.25) is 9.78 Å². The molecule has 0 unspecified atom stereocenters. The molecule has 1 atom stereocenters. The van der Waals surface area contributed by atoms with Gasteiger partial charge in [0, 0.05) is 30.2 Å². The number of carbonyl (C=O) groups is 1. The van der Waals surface area contributed by atoms with Gasteiger partial charge in [0.1, 0.15) is 5.78 Å². The van der Waals surface area contributed by atoms with E-state index in [1.165, 1.54) is 0 Å². The largest absolute Gasteiger partial charge is 0.330 e. The van der Waals surface area contributed by atoms with Crippen molar-refractivity contribution in [2.75, 3.05) is 6.54 Å². The van der Waals surface area contributed by atoms with Crippen molar-refractivity contribution in [3.63, 3.8) is 0 Å². The molecular weight excluding hydrogens is 212 g/mol. The first-order valence-corrected chi connectivity index (χ1v) is 5.74. The summed E-state index contributed by atoms with van der Waals surface area (Å²) in [6, 6.07) is 8.06. The smallest absolute Gasteiger partial charge is 0.134 e. The Morgan fingerprint density at radius 3 is 2.82 bits per heavy atom. The first-order valence-electron chi connectivity index (χ1n) is 5.74. The number of aromatic nitrogens is 1. The zero-order valence-corrected chi connectivity index (χ0v) is 9.89. The van der Waals surface area contributed by atoms with E-state index in [-0.39, 0.29) is 11.7 Å². The van der Waals surface area contributed by atoms with Gasteiger partial charge in [0.2, 0.25) is 0 Å². The molecule has 0 fully saturated rings. The number of ketones is 1. The lowest BCUT2D eigenvalue weighted by molar-refractivity contribution is -0.120. The summed E-state index contributed by atoms with van der Waals surface area (Å²) < 4.78 is 0. The molecule has 1 aromatic heterocycles. The molecule has 0 radical (unpaired) electrons. The van der Waals surface area contributed by atoms with Gasteiger partial charge in [-0.2, -0.15) is 0 Å². The lowest BCUT2D eigenvalue weighted by Crippen LogP contribution is -2.23. The number of nitrogens with two attached hydrogens (primary N) is 1. The molecule has 0 spiro atoms. The molecule has 0 amide bonds. The average Bonchev–Trinajstić information content (AvgIpc) is 2.35. The average molecular weight is 228 g/mol. The number of pyridine rings is 1. The van der Waals surface area contributed by atoms with Gasteiger partial charge < -0.3 is 5.73 Å². The lowest BCUT2D eigenvalue weighted by atomic mass is 9.94. The Morgan fingerprint density at radius 2 is 2.12 bits per heavy atom. The summed E-state index contributed by atoms with van der Waals surface area (Å²) in [7, 11) is 0. The van der Waals surface area contributed by atoms with Crippen LogP contribution in [0.3, 0.4) is 0 Å². The van der Waals surface area contributed by atoms with Crippen LogP contribution in [0.2, 0.25) is 0 Å². The van der Waals surface area contributed by atoms with E-state index >= 15 is 0 Å². The van der Waals surface area contributed by atoms with E-state index in [2.05, 4.69) is 11.1 Å². The van der Waals surface area contributed by atoms with Crippen LogP contribution in [-0.4, -0.2) is 17.3 Å². The molecule has 0 saturated carbocycles. The van der Waals surface area contributed by atoms with Crippen molar-refractivity contribution in [1.82, 2.24) is 4.98 Å². The van der Waals surface area contributed by atoms with Gasteiger partial charge >= 0.3 is 0 Å². The second kappa shape index (κ2) is 5.06. The molecule has 2 rings (SSSR count). The summed E-state index contributed by atoms with van der Waals surface area (Å²) in [4.78, 5) is 15.6. The number of rotatable bonds is 4. The number of Topliss-reactive ketones (excluding diaryl/α,β-unsaturated/α-hetero) is 1. The van der Waals surface area contributed by atoms with Crippen molar-refractivity contribution < 1.29 is 4.79 Å². The van der Waals surface area contributed by atoms with Crippen molar-refractivity contribution in [1.29, 1.82) is 0 Å². The number of hydrogen-bond acceptors (Lipinski definition) is 3. The predicted molar refractivity (Wildman–Crippen MR) is 68.7 cm³/mol. The summed E-state index contributed by atoms with van der Waals surface area (Å²) in [5, 5.41) is 2.26. The van der Waals surface area contributed by atoms with Gasteiger partial charge in [-0.05, 0) is 24.3 Å². The zero-order chi connectivity index (χ0) is 12.3. The molecule has 2 N–H and O–H groups in total. The van der Waals surface area contributed by atoms with E-state index in [0.717, 1.165) is 16.3 Å². The number of carbonyl (C=O) groups excluding carboxylic acids is 1. The molecule has 1 heterocycles. The van der Waals surface area contributed by atoms with E-state index < -0.39 is 0 Å². The maximum absolute atomic E-state index is 11.4. The van der Waals surface area contributed by atoms with Gasteiger partial charge in [-0.25, -0.2) is 0 Å². The molecule has 17 heavy (non-hydrogen) atoms. The highest BCUT2D eigenvalue weighted by atomic mass is 16.1. The van der Waals surface area contributed by atoms with Gasteiger partial charge in [0.15, 0.2) is 0 Å². The highest BCUT2D eigenvalue weighted by Gasteiger charge is 2.14. The van der Waals surface area contributed by atoms with E-state index in [4.69, 9.17) is 5.73 Å². The van der Waals surface area contributed by atoms with Gasteiger partial charge in [0.05, 0.1) is 0 Å². The summed E-state index contributed by atoms with van der Waals surface area (Å²) in [5.74, 6) is 0.0306. The molecule has 88 valence electrons. The third-order valence-electron chi connectivity index (χ3n) is 3.08. The Balaban J connectivity index is 2.38. The maximum atomic E-state index is 11.4. The minimum Gasteiger partial charge on any atom is -0.330 e. The predicted octanol–water partition coefficient (Wildman–Crippen LogP) is 1.94. The Kier molecular flexibility index (Phi) is 3.49. The van der Waals surface area contributed by atoms with Gasteiger partial charge in [-0.15, -0.1) is 0 Å². The van der Waals surface area contributed by atoms with Crippen LogP contribution in [0.1, 0.15) is 12.5 Å². The molecule has 0 saturated heterocycles. The Morgan fingerprint density at radius 1 is 1.35 bits per heavy atom. The van der Waals surface area contributed by atoms with Crippen molar-refractivity contribution in [2.24, 2.45) is 11.7 Å². The van der Waals surface area contributed by atoms with Crippen molar-refractivity contribution in [3.05, 3.63) is 42.2 Å². The fourth-order valence-corrected chi connectivity index (χ4v) is 2.00. The monoisotopic (exact) mass is 228 g/mol. The minimum atomic E-state index is -0.109.